The molecule has 3 aromatic carbocycles. The zero-order chi connectivity index (χ0) is 21.5. The zero-order valence-corrected chi connectivity index (χ0v) is 15.4. The van der Waals surface area contributed by atoms with Gasteiger partial charge < -0.3 is 4.74 Å². The van der Waals surface area contributed by atoms with Crippen molar-refractivity contribution in [1.29, 1.82) is 0 Å². The molecule has 3 rings (SSSR count). The van der Waals surface area contributed by atoms with Crippen LogP contribution in [0.2, 0.25) is 0 Å². The first kappa shape index (κ1) is 20.6. The van der Waals surface area contributed by atoms with Crippen molar-refractivity contribution < 1.29 is 23.2 Å². The smallest absolute Gasteiger partial charge is 0.271 e. The molecule has 0 atom stereocenters. The van der Waals surface area contributed by atoms with E-state index in [0.717, 1.165) is 23.9 Å². The topological polar surface area (TPSA) is 93.8 Å². The second-order valence-corrected chi connectivity index (χ2v) is 6.07. The van der Waals surface area contributed by atoms with E-state index >= 15 is 0 Å². The summed E-state index contributed by atoms with van der Waals surface area (Å²) in [5.74, 6) is -1.65. The molecular weight excluding hydrogens is 396 g/mol. The number of carbonyl (C=O) groups excluding carboxylic acids is 1. The Kier molecular flexibility index (Phi) is 6.43. The van der Waals surface area contributed by atoms with Crippen molar-refractivity contribution in [2.75, 3.05) is 0 Å². The molecule has 0 heterocycles. The van der Waals surface area contributed by atoms with Crippen LogP contribution in [0.15, 0.2) is 71.8 Å². The summed E-state index contributed by atoms with van der Waals surface area (Å²) in [6.45, 7) is 0.199. The highest BCUT2D eigenvalue weighted by atomic mass is 19.1. The number of carbonyl (C=O) groups is 1. The molecule has 9 heteroatoms. The highest BCUT2D eigenvalue weighted by molar-refractivity contribution is 5.94. The normalized spacial score (nSPS) is 10.7. The van der Waals surface area contributed by atoms with Crippen molar-refractivity contribution in [3.63, 3.8) is 0 Å². The molecule has 0 saturated heterocycles. The van der Waals surface area contributed by atoms with E-state index in [1.54, 1.807) is 24.3 Å². The number of non-ortho nitro benzene ring substituents is 1. The Morgan fingerprint density at radius 3 is 2.27 bits per heavy atom. The number of halogens is 2. The average molecular weight is 411 g/mol. The fourth-order valence-corrected chi connectivity index (χ4v) is 2.44. The molecule has 7 nitrogen and oxygen atoms in total. The monoisotopic (exact) mass is 411 g/mol. The Hall–Kier alpha value is -4.14. The van der Waals surface area contributed by atoms with Crippen LogP contribution in [0.25, 0.3) is 0 Å². The summed E-state index contributed by atoms with van der Waals surface area (Å²) in [5.41, 5.74) is 2.88. The third-order valence-corrected chi connectivity index (χ3v) is 4.03. The third-order valence-electron chi connectivity index (χ3n) is 4.03. The fraction of sp³-hybridized carbons (Fsp3) is 0.0476. The molecule has 0 aliphatic rings. The van der Waals surface area contributed by atoms with Crippen LogP contribution in [0.1, 0.15) is 21.5 Å². The maximum absolute atomic E-state index is 13.5. The number of hydrazone groups is 1. The highest BCUT2D eigenvalue weighted by Gasteiger charge is 2.08. The number of hydrogen-bond donors (Lipinski definition) is 1. The number of benzene rings is 3. The Bertz CT molecular complexity index is 1060. The Morgan fingerprint density at radius 2 is 1.67 bits per heavy atom. The minimum atomic E-state index is -0.787. The molecule has 0 bridgehead atoms. The van der Waals surface area contributed by atoms with Crippen LogP contribution in [0.3, 0.4) is 0 Å². The third kappa shape index (κ3) is 5.22. The standard InChI is InChI=1S/C21H15F2N3O4/c22-19-2-1-3-20(23)18(19)12-24-25-21(27)15-6-4-14(5-7-15)13-30-17-10-8-16(9-11-17)26(28)29/h1-12H,13H2,(H,25,27)/b24-12-. The van der Waals surface area contributed by atoms with Crippen molar-refractivity contribution in [2.24, 2.45) is 5.10 Å². The van der Waals surface area contributed by atoms with Gasteiger partial charge in [-0.05, 0) is 42.0 Å². The molecule has 0 saturated carbocycles. The zero-order valence-electron chi connectivity index (χ0n) is 15.4. The first-order chi connectivity index (χ1) is 14.4. The summed E-state index contributed by atoms with van der Waals surface area (Å²) in [6.07, 6.45) is 0.898. The molecule has 3 aromatic rings. The maximum Gasteiger partial charge on any atom is 0.271 e. The van der Waals surface area contributed by atoms with Crippen molar-refractivity contribution in [2.45, 2.75) is 6.61 Å². The lowest BCUT2D eigenvalue weighted by Crippen LogP contribution is -2.17. The van der Waals surface area contributed by atoms with E-state index in [2.05, 4.69) is 10.5 Å². The van der Waals surface area contributed by atoms with Gasteiger partial charge in [0.2, 0.25) is 0 Å². The summed E-state index contributed by atoms with van der Waals surface area (Å²) in [5, 5.41) is 14.2. The Labute approximate surface area is 169 Å². The molecule has 0 radical (unpaired) electrons. The maximum atomic E-state index is 13.5. The number of nitro groups is 1. The number of nitro benzene ring substituents is 1. The molecule has 0 spiro atoms. The molecule has 1 amide bonds. The van der Waals surface area contributed by atoms with E-state index in [-0.39, 0.29) is 17.9 Å². The summed E-state index contributed by atoms with van der Waals surface area (Å²) in [6, 6.07) is 15.5. The molecular formula is C21H15F2N3O4. The molecule has 0 unspecified atom stereocenters. The quantitative estimate of drug-likeness (QED) is 0.358. The van der Waals surface area contributed by atoms with Crippen molar-refractivity contribution in [1.82, 2.24) is 5.43 Å². The van der Waals surface area contributed by atoms with Gasteiger partial charge in [0.1, 0.15) is 24.0 Å². The van der Waals surface area contributed by atoms with Gasteiger partial charge in [-0.2, -0.15) is 5.10 Å². The Balaban J connectivity index is 1.55. The fourth-order valence-electron chi connectivity index (χ4n) is 2.44. The lowest BCUT2D eigenvalue weighted by Gasteiger charge is -2.07. The summed E-state index contributed by atoms with van der Waals surface area (Å²) in [4.78, 5) is 22.2. The van der Waals surface area contributed by atoms with Gasteiger partial charge in [0.15, 0.2) is 0 Å². The van der Waals surface area contributed by atoms with Crippen LogP contribution in [0, 0.1) is 21.7 Å². The van der Waals surface area contributed by atoms with Gasteiger partial charge in [0, 0.05) is 17.7 Å². The SMILES string of the molecule is O=C(N/N=C\c1c(F)cccc1F)c1ccc(COc2ccc([N+](=O)[O-])cc2)cc1. The minimum Gasteiger partial charge on any atom is -0.489 e. The van der Waals surface area contributed by atoms with Crippen LogP contribution < -0.4 is 10.2 Å². The number of amides is 1. The van der Waals surface area contributed by atoms with E-state index in [1.807, 2.05) is 0 Å². The van der Waals surface area contributed by atoms with Crippen molar-refractivity contribution in [3.05, 3.63) is 105 Å². The summed E-state index contributed by atoms with van der Waals surface area (Å²) >= 11 is 0. The first-order valence-electron chi connectivity index (χ1n) is 8.67. The van der Waals surface area contributed by atoms with E-state index in [4.69, 9.17) is 4.74 Å². The summed E-state index contributed by atoms with van der Waals surface area (Å²) in [7, 11) is 0. The molecule has 0 aliphatic heterocycles. The van der Waals surface area contributed by atoms with E-state index < -0.39 is 22.5 Å². The van der Waals surface area contributed by atoms with Crippen molar-refractivity contribution >= 4 is 17.8 Å². The first-order valence-corrected chi connectivity index (χ1v) is 8.67. The highest BCUT2D eigenvalue weighted by Crippen LogP contribution is 2.18. The number of hydrogen-bond acceptors (Lipinski definition) is 5. The number of nitrogens with zero attached hydrogens (tertiary/aromatic N) is 2. The second-order valence-electron chi connectivity index (χ2n) is 6.07. The van der Waals surface area contributed by atoms with Gasteiger partial charge in [-0.25, -0.2) is 14.2 Å². The lowest BCUT2D eigenvalue weighted by molar-refractivity contribution is -0.384. The van der Waals surface area contributed by atoms with Gasteiger partial charge >= 0.3 is 0 Å². The van der Waals surface area contributed by atoms with E-state index in [1.165, 1.54) is 30.3 Å². The second kappa shape index (κ2) is 9.37. The van der Waals surface area contributed by atoms with E-state index in [9.17, 15) is 23.7 Å². The number of nitrogens with one attached hydrogen (secondary N) is 1. The van der Waals surface area contributed by atoms with Crippen molar-refractivity contribution in [3.8, 4) is 5.75 Å². The van der Waals surface area contributed by atoms with Crippen LogP contribution in [0.4, 0.5) is 14.5 Å². The molecule has 0 aliphatic carbocycles. The largest absolute Gasteiger partial charge is 0.489 e. The lowest BCUT2D eigenvalue weighted by atomic mass is 10.1. The number of ether oxygens (including phenoxy) is 1. The number of rotatable bonds is 7. The van der Waals surface area contributed by atoms with Crippen LogP contribution in [0.5, 0.6) is 5.75 Å². The van der Waals surface area contributed by atoms with Gasteiger partial charge in [0.25, 0.3) is 11.6 Å². The molecule has 1 N–H and O–H groups in total. The van der Waals surface area contributed by atoms with Crippen LogP contribution in [-0.2, 0) is 6.61 Å². The Morgan fingerprint density at radius 1 is 1.03 bits per heavy atom. The molecule has 0 fully saturated rings. The van der Waals surface area contributed by atoms with Crippen LogP contribution in [-0.4, -0.2) is 17.0 Å². The molecule has 30 heavy (non-hydrogen) atoms. The summed E-state index contributed by atoms with van der Waals surface area (Å²) < 4.78 is 32.6. The van der Waals surface area contributed by atoms with Gasteiger partial charge in [0.05, 0.1) is 16.7 Å². The van der Waals surface area contributed by atoms with Gasteiger partial charge in [-0.15, -0.1) is 0 Å². The molecule has 0 aromatic heterocycles. The predicted octanol–water partition coefficient (Wildman–Crippen LogP) is 4.22. The predicted molar refractivity (Wildman–Crippen MR) is 105 cm³/mol. The van der Waals surface area contributed by atoms with Crippen LogP contribution >= 0.6 is 0 Å². The van der Waals surface area contributed by atoms with Gasteiger partial charge in [-0.1, -0.05) is 18.2 Å². The minimum absolute atomic E-state index is 0.0295. The van der Waals surface area contributed by atoms with E-state index in [0.29, 0.717) is 11.3 Å². The van der Waals surface area contributed by atoms with Gasteiger partial charge in [-0.3, -0.25) is 14.9 Å². The average Bonchev–Trinajstić information content (AvgIpc) is 2.75. The molecule has 152 valence electrons.